The molecule has 0 spiro atoms. The Labute approximate surface area is 229 Å². The average molecular weight is 561 g/mol. The molecule has 2 aromatic rings. The highest BCUT2D eigenvalue weighted by atomic mass is 35.5. The van der Waals surface area contributed by atoms with Crippen molar-refractivity contribution in [3.8, 4) is 0 Å². The number of ether oxygens (including phenoxy) is 1. The van der Waals surface area contributed by atoms with Gasteiger partial charge in [-0.1, -0.05) is 41.9 Å². The summed E-state index contributed by atoms with van der Waals surface area (Å²) in [7, 11) is -3.64. The lowest BCUT2D eigenvalue weighted by molar-refractivity contribution is -0.139. The van der Waals surface area contributed by atoms with Gasteiger partial charge in [0.1, 0.15) is 0 Å². The van der Waals surface area contributed by atoms with Gasteiger partial charge in [0.25, 0.3) is 0 Å². The number of rotatable bonds is 8. The van der Waals surface area contributed by atoms with Crippen LogP contribution in [0.15, 0.2) is 70.8 Å². The number of benzene rings is 2. The molecular formula is C27H33ClN4O5S. The fourth-order valence-corrected chi connectivity index (χ4v) is 6.88. The van der Waals surface area contributed by atoms with Gasteiger partial charge < -0.3 is 10.1 Å². The summed E-state index contributed by atoms with van der Waals surface area (Å²) in [5.41, 5.74) is 1.57. The number of hydrogen-bond acceptors (Lipinski definition) is 6. The smallest absolute Gasteiger partial charge is 0.338 e. The molecule has 0 aromatic heterocycles. The molecule has 9 nitrogen and oxygen atoms in total. The van der Waals surface area contributed by atoms with E-state index in [1.807, 2.05) is 19.9 Å². The molecule has 1 N–H and O–H groups in total. The van der Waals surface area contributed by atoms with Crippen LogP contribution in [-0.2, 0) is 19.6 Å². The van der Waals surface area contributed by atoms with Gasteiger partial charge in [-0.25, -0.2) is 18.0 Å². The van der Waals surface area contributed by atoms with Crippen molar-refractivity contribution in [1.29, 1.82) is 0 Å². The van der Waals surface area contributed by atoms with Crippen molar-refractivity contribution in [3.05, 3.63) is 76.5 Å². The molecule has 2 atom stereocenters. The highest BCUT2D eigenvalue weighted by Gasteiger charge is 2.40. The molecule has 1 saturated heterocycles. The van der Waals surface area contributed by atoms with Crippen LogP contribution in [0.25, 0.3) is 0 Å². The molecule has 1 fully saturated rings. The lowest BCUT2D eigenvalue weighted by Crippen LogP contribution is -2.56. The molecular weight excluding hydrogens is 528 g/mol. The first-order valence-corrected chi connectivity index (χ1v) is 14.5. The zero-order valence-electron chi connectivity index (χ0n) is 21.8. The Morgan fingerprint density at radius 1 is 1.11 bits per heavy atom. The summed E-state index contributed by atoms with van der Waals surface area (Å²) in [5, 5.41) is 3.42. The zero-order valence-corrected chi connectivity index (χ0v) is 23.3. The van der Waals surface area contributed by atoms with E-state index in [0.717, 1.165) is 0 Å². The lowest BCUT2D eigenvalue weighted by atomic mass is 9.94. The van der Waals surface area contributed by atoms with Crippen LogP contribution in [0.3, 0.4) is 0 Å². The number of urea groups is 1. The van der Waals surface area contributed by atoms with E-state index in [1.54, 1.807) is 60.4 Å². The number of likely N-dealkylation sites (N-methyl/N-ethyl adjacent to an activating group) is 1. The summed E-state index contributed by atoms with van der Waals surface area (Å²) in [6, 6.07) is 14.1. The van der Waals surface area contributed by atoms with Gasteiger partial charge in [0.15, 0.2) is 0 Å². The number of nitrogens with one attached hydrogen (secondary N) is 1. The van der Waals surface area contributed by atoms with Gasteiger partial charge >= 0.3 is 12.0 Å². The average Bonchev–Trinajstić information content (AvgIpc) is 2.89. The van der Waals surface area contributed by atoms with Gasteiger partial charge in [0, 0.05) is 49.5 Å². The Bertz CT molecular complexity index is 1320. The van der Waals surface area contributed by atoms with Crippen molar-refractivity contribution in [2.45, 2.75) is 37.8 Å². The minimum Gasteiger partial charge on any atom is -0.463 e. The number of sulfonamides is 1. The third kappa shape index (κ3) is 5.73. The first-order chi connectivity index (χ1) is 18.2. The SMILES string of the molecule is CCOC(=O)C1=C(CN2CCN(S(=O)(=O)c3ccccc3)C(C)C2)N(CC)C(=O)NC1c1cccc(Cl)c1. The normalized spacial score (nSPS) is 21.4. The minimum atomic E-state index is -3.64. The monoisotopic (exact) mass is 560 g/mol. The van der Waals surface area contributed by atoms with E-state index < -0.39 is 22.0 Å². The van der Waals surface area contributed by atoms with Crippen LogP contribution < -0.4 is 5.32 Å². The lowest BCUT2D eigenvalue weighted by Gasteiger charge is -2.42. The largest absolute Gasteiger partial charge is 0.463 e. The van der Waals surface area contributed by atoms with Crippen LogP contribution in [0.5, 0.6) is 0 Å². The van der Waals surface area contributed by atoms with E-state index in [-0.39, 0.29) is 36.7 Å². The minimum absolute atomic E-state index is 0.186. The van der Waals surface area contributed by atoms with Crippen LogP contribution in [0, 0.1) is 0 Å². The molecule has 38 heavy (non-hydrogen) atoms. The number of amides is 2. The van der Waals surface area contributed by atoms with Crippen LogP contribution in [-0.4, -0.2) is 79.9 Å². The fourth-order valence-electron chi connectivity index (χ4n) is 5.05. The molecule has 2 amide bonds. The predicted molar refractivity (Wildman–Crippen MR) is 145 cm³/mol. The van der Waals surface area contributed by atoms with E-state index in [0.29, 0.717) is 41.5 Å². The second kappa shape index (κ2) is 11.9. The molecule has 0 bridgehead atoms. The summed E-state index contributed by atoms with van der Waals surface area (Å²) in [5.74, 6) is -0.510. The Kier molecular flexibility index (Phi) is 8.77. The maximum atomic E-state index is 13.3. The van der Waals surface area contributed by atoms with Crippen molar-refractivity contribution in [2.24, 2.45) is 0 Å². The number of esters is 1. The molecule has 2 aliphatic rings. The van der Waals surface area contributed by atoms with Gasteiger partial charge in [-0.3, -0.25) is 9.80 Å². The second-order valence-electron chi connectivity index (χ2n) is 9.28. The van der Waals surface area contributed by atoms with Crippen molar-refractivity contribution in [1.82, 2.24) is 19.4 Å². The van der Waals surface area contributed by atoms with Crippen molar-refractivity contribution < 1.29 is 22.7 Å². The van der Waals surface area contributed by atoms with Crippen LogP contribution >= 0.6 is 11.6 Å². The quantitative estimate of drug-likeness (QED) is 0.495. The summed E-state index contributed by atoms with van der Waals surface area (Å²) >= 11 is 6.23. The molecule has 0 saturated carbocycles. The second-order valence-corrected chi connectivity index (χ2v) is 11.6. The fraction of sp³-hybridized carbons (Fsp3) is 0.407. The summed E-state index contributed by atoms with van der Waals surface area (Å²) < 4.78 is 33.4. The number of carbonyl (C=O) groups excluding carboxylic acids is 2. The molecule has 0 radical (unpaired) electrons. The molecule has 2 heterocycles. The molecule has 0 aliphatic carbocycles. The third-order valence-electron chi connectivity index (χ3n) is 6.81. The van der Waals surface area contributed by atoms with Crippen LogP contribution in [0.1, 0.15) is 32.4 Å². The number of nitrogens with zero attached hydrogens (tertiary/aromatic N) is 3. The molecule has 204 valence electrons. The van der Waals surface area contributed by atoms with Gasteiger partial charge in [0.05, 0.1) is 23.1 Å². The number of halogens is 1. The van der Waals surface area contributed by atoms with Crippen molar-refractivity contribution in [3.63, 3.8) is 0 Å². The molecule has 2 unspecified atom stereocenters. The highest BCUT2D eigenvalue weighted by Crippen LogP contribution is 2.33. The van der Waals surface area contributed by atoms with Crippen molar-refractivity contribution >= 4 is 33.6 Å². The molecule has 4 rings (SSSR count). The summed E-state index contributed by atoms with van der Waals surface area (Å²) in [6.45, 7) is 7.44. The van der Waals surface area contributed by atoms with E-state index in [9.17, 15) is 18.0 Å². The molecule has 11 heteroatoms. The van der Waals surface area contributed by atoms with Crippen molar-refractivity contribution in [2.75, 3.05) is 39.3 Å². The third-order valence-corrected chi connectivity index (χ3v) is 9.07. The van der Waals surface area contributed by atoms with E-state index in [1.165, 1.54) is 4.31 Å². The maximum absolute atomic E-state index is 13.3. The van der Waals surface area contributed by atoms with Gasteiger partial charge in [-0.2, -0.15) is 4.31 Å². The predicted octanol–water partition coefficient (Wildman–Crippen LogP) is 3.64. The Balaban J connectivity index is 1.66. The maximum Gasteiger partial charge on any atom is 0.338 e. The number of carbonyl (C=O) groups is 2. The first-order valence-electron chi connectivity index (χ1n) is 12.7. The number of hydrogen-bond donors (Lipinski definition) is 1. The van der Waals surface area contributed by atoms with E-state index in [2.05, 4.69) is 10.2 Å². The molecule has 2 aliphatic heterocycles. The standard InChI is InChI=1S/C27H33ClN4O5S/c1-4-31-23(18-30-14-15-32(19(3)17-30)38(35,36)22-12-7-6-8-13-22)24(26(33)37-5-2)25(29-27(31)34)20-10-9-11-21(28)16-20/h6-13,16,19,25H,4-5,14-15,17-18H2,1-3H3,(H,29,34). The highest BCUT2D eigenvalue weighted by molar-refractivity contribution is 7.89. The van der Waals surface area contributed by atoms with E-state index in [4.69, 9.17) is 16.3 Å². The summed E-state index contributed by atoms with van der Waals surface area (Å²) in [6.07, 6.45) is 0. The topological polar surface area (TPSA) is 99.3 Å². The zero-order chi connectivity index (χ0) is 27.4. The van der Waals surface area contributed by atoms with Gasteiger partial charge in [-0.05, 0) is 50.6 Å². The van der Waals surface area contributed by atoms with Crippen LogP contribution in [0.2, 0.25) is 5.02 Å². The summed E-state index contributed by atoms with van der Waals surface area (Å²) in [4.78, 5) is 30.3. The van der Waals surface area contributed by atoms with E-state index >= 15 is 0 Å². The Morgan fingerprint density at radius 3 is 2.47 bits per heavy atom. The Morgan fingerprint density at radius 2 is 1.84 bits per heavy atom. The molecule has 2 aromatic carbocycles. The first kappa shape index (κ1) is 28.1. The van der Waals surface area contributed by atoms with Crippen LogP contribution in [0.4, 0.5) is 4.79 Å². The van der Waals surface area contributed by atoms with Gasteiger partial charge in [0.2, 0.25) is 10.0 Å². The van der Waals surface area contributed by atoms with Gasteiger partial charge in [-0.15, -0.1) is 0 Å². The number of piperazine rings is 1. The Hall–Kier alpha value is -2.92.